The van der Waals surface area contributed by atoms with Crippen molar-refractivity contribution in [2.45, 2.75) is 6.92 Å². The Hall–Kier alpha value is -0.340. The third-order valence-corrected chi connectivity index (χ3v) is 2.20. The molecule has 0 atom stereocenters. The van der Waals surface area contributed by atoms with Gasteiger partial charge in [-0.2, -0.15) is 0 Å². The van der Waals surface area contributed by atoms with Crippen molar-refractivity contribution in [3.05, 3.63) is 23.0 Å². The zero-order valence-electron chi connectivity index (χ0n) is 5.81. The van der Waals surface area contributed by atoms with Crippen LogP contribution in [-0.4, -0.2) is 16.6 Å². The van der Waals surface area contributed by atoms with Crippen LogP contribution in [0.15, 0.2) is 23.0 Å². The van der Waals surface area contributed by atoms with Gasteiger partial charge in [0.2, 0.25) is 0 Å². The van der Waals surface area contributed by atoms with Crippen molar-refractivity contribution in [3.63, 3.8) is 0 Å². The van der Waals surface area contributed by atoms with Crippen molar-refractivity contribution >= 4 is 23.4 Å². The van der Waals surface area contributed by atoms with Crippen LogP contribution in [-0.2, 0) is 0 Å². The average molecular weight is 179 g/mol. The van der Waals surface area contributed by atoms with Crippen LogP contribution in [0.5, 0.6) is 0 Å². The summed E-state index contributed by atoms with van der Waals surface area (Å²) >= 11 is 11.5. The molecule has 0 aromatic carbocycles. The van der Waals surface area contributed by atoms with Gasteiger partial charge in [0.05, 0.1) is 10.7 Å². The fraction of sp³-hybridized carbons (Fsp3) is 0.333. The van der Waals surface area contributed by atoms with Gasteiger partial charge in [-0.15, -0.1) is 0 Å². The molecule has 0 unspecified atom stereocenters. The van der Waals surface area contributed by atoms with Crippen LogP contribution in [0.4, 0.5) is 0 Å². The fourth-order valence-corrected chi connectivity index (χ4v) is 0.994. The first-order valence-corrected chi connectivity index (χ1v) is 3.58. The third-order valence-electron chi connectivity index (χ3n) is 1.46. The Morgan fingerprint density at radius 3 is 2.60 bits per heavy atom. The predicted molar refractivity (Wildman–Crippen MR) is 43.1 cm³/mol. The first-order valence-electron chi connectivity index (χ1n) is 2.86. The first-order chi connectivity index (χ1) is 4.63. The lowest BCUT2D eigenvalue weighted by molar-refractivity contribution is 0.197. The standard InChI is InChI=1S/C6H8Cl2N2/c1-5-6(7)3-4-10(8)9(5)2/h3-4H,1-2H3. The number of nitrogens with zero attached hydrogens (tertiary/aromatic N) is 2. The average Bonchev–Trinajstić information content (AvgIpc) is 1.93. The SMILES string of the molecule is CC1=C(Cl)C=CN(Cl)N1C. The second-order valence-electron chi connectivity index (χ2n) is 2.06. The van der Waals surface area contributed by atoms with Gasteiger partial charge in [0.25, 0.3) is 0 Å². The number of hydrogen-bond acceptors (Lipinski definition) is 2. The molecule has 0 amide bonds. The number of allylic oxidation sites excluding steroid dienone is 3. The normalized spacial score (nSPS) is 18.8. The van der Waals surface area contributed by atoms with Gasteiger partial charge in [-0.1, -0.05) is 11.6 Å². The molecule has 0 saturated carbocycles. The lowest BCUT2D eigenvalue weighted by Gasteiger charge is -2.29. The minimum atomic E-state index is 0.722. The summed E-state index contributed by atoms with van der Waals surface area (Å²) < 4.78 is 1.45. The topological polar surface area (TPSA) is 6.48 Å². The molecule has 10 heavy (non-hydrogen) atoms. The van der Waals surface area contributed by atoms with E-state index in [1.54, 1.807) is 17.3 Å². The second-order valence-corrected chi connectivity index (χ2v) is 2.81. The third kappa shape index (κ3) is 1.22. The summed E-state index contributed by atoms with van der Waals surface area (Å²) in [5.74, 6) is 0. The quantitative estimate of drug-likeness (QED) is 0.526. The monoisotopic (exact) mass is 178 g/mol. The summed E-state index contributed by atoms with van der Waals surface area (Å²) in [5, 5.41) is 2.48. The van der Waals surface area contributed by atoms with Gasteiger partial charge in [0.1, 0.15) is 0 Å². The number of halogens is 2. The van der Waals surface area contributed by atoms with E-state index in [0.29, 0.717) is 0 Å². The highest BCUT2D eigenvalue weighted by Crippen LogP contribution is 2.21. The molecule has 0 aromatic rings. The van der Waals surface area contributed by atoms with Crippen molar-refractivity contribution < 1.29 is 0 Å². The number of hydrazine groups is 1. The lowest BCUT2D eigenvalue weighted by Crippen LogP contribution is -2.28. The maximum Gasteiger partial charge on any atom is 0.0629 e. The Labute approximate surface area is 70.4 Å². The van der Waals surface area contributed by atoms with Gasteiger partial charge in [0.15, 0.2) is 0 Å². The predicted octanol–water partition coefficient (Wildman–Crippen LogP) is 2.29. The highest BCUT2D eigenvalue weighted by atomic mass is 35.5. The molecule has 4 heteroatoms. The molecule has 1 heterocycles. The van der Waals surface area contributed by atoms with Gasteiger partial charge >= 0.3 is 0 Å². The van der Waals surface area contributed by atoms with E-state index < -0.39 is 0 Å². The molecule has 0 saturated heterocycles. The lowest BCUT2D eigenvalue weighted by atomic mass is 10.4. The maximum atomic E-state index is 5.79. The minimum absolute atomic E-state index is 0.722. The molecule has 0 aliphatic carbocycles. The largest absolute Gasteiger partial charge is 0.277 e. The molecule has 1 aliphatic heterocycles. The zero-order valence-corrected chi connectivity index (χ0v) is 7.32. The number of hydrogen-bond donors (Lipinski definition) is 0. The fourth-order valence-electron chi connectivity index (χ4n) is 0.645. The summed E-state index contributed by atoms with van der Waals surface area (Å²) in [6.45, 7) is 1.90. The molecule has 0 N–H and O–H groups in total. The van der Waals surface area contributed by atoms with Gasteiger partial charge in [-0.05, 0) is 13.0 Å². The molecule has 0 bridgehead atoms. The molecule has 0 spiro atoms. The van der Waals surface area contributed by atoms with Gasteiger partial charge in [0, 0.05) is 25.0 Å². The summed E-state index contributed by atoms with van der Waals surface area (Å²) in [4.78, 5) is 0. The maximum absolute atomic E-state index is 5.79. The summed E-state index contributed by atoms with van der Waals surface area (Å²) in [6, 6.07) is 0. The van der Waals surface area contributed by atoms with E-state index >= 15 is 0 Å². The smallest absolute Gasteiger partial charge is 0.0629 e. The molecular formula is C6H8Cl2N2. The number of rotatable bonds is 0. The Balaban J connectivity index is 2.88. The van der Waals surface area contributed by atoms with Gasteiger partial charge < -0.3 is 0 Å². The minimum Gasteiger partial charge on any atom is -0.277 e. The van der Waals surface area contributed by atoms with Gasteiger partial charge in [-0.25, -0.2) is 4.53 Å². The van der Waals surface area contributed by atoms with E-state index in [4.69, 9.17) is 23.4 Å². The van der Waals surface area contributed by atoms with E-state index in [1.807, 2.05) is 14.0 Å². The summed E-state index contributed by atoms with van der Waals surface area (Å²) in [6.07, 6.45) is 3.45. The van der Waals surface area contributed by atoms with Crippen molar-refractivity contribution in [1.82, 2.24) is 9.54 Å². The van der Waals surface area contributed by atoms with E-state index in [1.165, 1.54) is 4.53 Å². The van der Waals surface area contributed by atoms with E-state index in [2.05, 4.69) is 0 Å². The van der Waals surface area contributed by atoms with E-state index in [0.717, 1.165) is 10.7 Å². The van der Waals surface area contributed by atoms with Crippen LogP contribution in [0, 0.1) is 0 Å². The second kappa shape index (κ2) is 2.72. The zero-order chi connectivity index (χ0) is 7.72. The van der Waals surface area contributed by atoms with Crippen molar-refractivity contribution in [3.8, 4) is 0 Å². The highest BCUT2D eigenvalue weighted by molar-refractivity contribution is 6.31. The van der Waals surface area contributed by atoms with Crippen LogP contribution in [0.2, 0.25) is 0 Å². The Morgan fingerprint density at radius 2 is 2.10 bits per heavy atom. The first kappa shape index (κ1) is 7.76. The molecule has 0 fully saturated rings. The van der Waals surface area contributed by atoms with Crippen LogP contribution >= 0.6 is 23.4 Å². The molecule has 0 aromatic heterocycles. The van der Waals surface area contributed by atoms with Crippen molar-refractivity contribution in [2.24, 2.45) is 0 Å². The van der Waals surface area contributed by atoms with Crippen LogP contribution in [0.25, 0.3) is 0 Å². The molecular weight excluding hydrogens is 171 g/mol. The van der Waals surface area contributed by atoms with Crippen molar-refractivity contribution in [2.75, 3.05) is 7.05 Å². The molecule has 0 radical (unpaired) electrons. The summed E-state index contributed by atoms with van der Waals surface area (Å²) in [7, 11) is 1.84. The molecule has 1 rings (SSSR count). The molecule has 56 valence electrons. The molecule has 1 aliphatic rings. The Kier molecular flexibility index (Phi) is 2.11. The molecule has 2 nitrogen and oxygen atoms in total. The van der Waals surface area contributed by atoms with Crippen LogP contribution in [0.1, 0.15) is 6.92 Å². The van der Waals surface area contributed by atoms with Crippen LogP contribution in [0.3, 0.4) is 0 Å². The van der Waals surface area contributed by atoms with E-state index in [-0.39, 0.29) is 0 Å². The van der Waals surface area contributed by atoms with E-state index in [9.17, 15) is 0 Å². The van der Waals surface area contributed by atoms with Crippen LogP contribution < -0.4 is 0 Å². The Morgan fingerprint density at radius 1 is 1.50 bits per heavy atom. The Bertz CT molecular complexity index is 198. The highest BCUT2D eigenvalue weighted by Gasteiger charge is 2.11. The van der Waals surface area contributed by atoms with Gasteiger partial charge in [-0.3, -0.25) is 5.01 Å². The van der Waals surface area contributed by atoms with Crippen molar-refractivity contribution in [1.29, 1.82) is 0 Å². The summed E-state index contributed by atoms with van der Waals surface area (Å²) in [5.41, 5.74) is 0.944.